The van der Waals surface area contributed by atoms with Crippen LogP contribution in [0.5, 0.6) is 11.5 Å². The average molecular weight is 911 g/mol. The maximum absolute atomic E-state index is 6.75. The summed E-state index contributed by atoms with van der Waals surface area (Å²) in [4.78, 5) is 15.4. The Bertz CT molecular complexity index is 4170. The normalized spacial score (nSPS) is 13.1. The summed E-state index contributed by atoms with van der Waals surface area (Å²) in [7, 11) is 0. The van der Waals surface area contributed by atoms with Gasteiger partial charge in [0.25, 0.3) is 0 Å². The first kappa shape index (κ1) is 39.1. The molecular weight excluding hydrogens is 873 g/mol. The van der Waals surface area contributed by atoms with Crippen molar-refractivity contribution in [1.82, 2.24) is 19.5 Å². The van der Waals surface area contributed by atoms with E-state index >= 15 is 0 Å². The second-order valence-electron chi connectivity index (χ2n) is 18.3. The van der Waals surface area contributed by atoms with Crippen LogP contribution >= 0.6 is 11.3 Å². The summed E-state index contributed by atoms with van der Waals surface area (Å²) >= 11 is 1.87. The fraction of sp³-hybridized carbons (Fsp3) is 0.0156. The third-order valence-corrected chi connectivity index (χ3v) is 15.6. The summed E-state index contributed by atoms with van der Waals surface area (Å²) in [5, 5.41) is 5.07. The molecule has 15 rings (SSSR count). The van der Waals surface area contributed by atoms with E-state index in [2.05, 4.69) is 199 Å². The molecule has 5 nitrogen and oxygen atoms in total. The number of benzene rings is 10. The lowest BCUT2D eigenvalue weighted by Gasteiger charge is -2.39. The molecule has 70 heavy (non-hydrogen) atoms. The Kier molecular flexibility index (Phi) is 8.38. The second-order valence-corrected chi connectivity index (χ2v) is 19.4. The summed E-state index contributed by atoms with van der Waals surface area (Å²) in [6, 6.07) is 82.6. The topological polar surface area (TPSA) is 52.8 Å². The lowest BCUT2D eigenvalue weighted by atomic mass is 9.66. The Morgan fingerprint density at radius 2 is 0.914 bits per heavy atom. The second kappa shape index (κ2) is 15.0. The van der Waals surface area contributed by atoms with E-state index in [0.717, 1.165) is 61.7 Å². The van der Waals surface area contributed by atoms with E-state index in [1.165, 1.54) is 58.7 Å². The van der Waals surface area contributed by atoms with Gasteiger partial charge in [0, 0.05) is 64.4 Å². The minimum atomic E-state index is -0.690. The highest BCUT2D eigenvalue weighted by molar-refractivity contribution is 7.25. The summed E-state index contributed by atoms with van der Waals surface area (Å²) in [5.41, 5.74) is 14.9. The van der Waals surface area contributed by atoms with Crippen LogP contribution in [0.2, 0.25) is 0 Å². The molecule has 0 radical (unpaired) electrons. The predicted octanol–water partition coefficient (Wildman–Crippen LogP) is 16.5. The number of hydrogen-bond donors (Lipinski definition) is 0. The molecule has 1 spiro atoms. The quantitative estimate of drug-likeness (QED) is 0.173. The third kappa shape index (κ3) is 5.68. The molecule has 1 aliphatic heterocycles. The van der Waals surface area contributed by atoms with Gasteiger partial charge in [-0.1, -0.05) is 164 Å². The van der Waals surface area contributed by atoms with Crippen LogP contribution in [0, 0.1) is 0 Å². The third-order valence-electron chi connectivity index (χ3n) is 14.5. The van der Waals surface area contributed by atoms with Gasteiger partial charge in [0.05, 0.1) is 16.4 Å². The van der Waals surface area contributed by atoms with E-state index in [1.54, 1.807) is 0 Å². The molecule has 0 atom stereocenters. The largest absolute Gasteiger partial charge is 0.457 e. The molecule has 0 N–H and O–H groups in total. The van der Waals surface area contributed by atoms with E-state index in [-0.39, 0.29) is 0 Å². The minimum Gasteiger partial charge on any atom is -0.457 e. The first-order chi connectivity index (χ1) is 34.7. The number of ether oxygens (including phenoxy) is 1. The van der Waals surface area contributed by atoms with Crippen molar-refractivity contribution in [2.45, 2.75) is 5.41 Å². The van der Waals surface area contributed by atoms with Crippen LogP contribution in [0.3, 0.4) is 0 Å². The SMILES string of the molecule is c1ccc(-c2nc(-c3ccccc3)nc(-c3ccc4c(c3)C3(c5ccccc5Oc5ccccc53)c3ccc(-c5ccc6c(c5)c5cc7sc8ccccc8c7cc5n6-c5ccccc5)cc3-4)n2)cc1. The van der Waals surface area contributed by atoms with Gasteiger partial charge in [-0.05, 0) is 100 Å². The van der Waals surface area contributed by atoms with Crippen LogP contribution in [0.1, 0.15) is 22.3 Å². The number of fused-ring (bicyclic) bond motifs is 15. The smallest absolute Gasteiger partial charge is 0.164 e. The Labute approximate surface area is 407 Å². The van der Waals surface area contributed by atoms with Crippen molar-refractivity contribution >= 4 is 53.3 Å². The summed E-state index contributed by atoms with van der Waals surface area (Å²) in [5.74, 6) is 3.57. The van der Waals surface area contributed by atoms with Crippen molar-refractivity contribution in [3.05, 3.63) is 253 Å². The molecule has 0 saturated heterocycles. The van der Waals surface area contributed by atoms with Gasteiger partial charge < -0.3 is 9.30 Å². The molecule has 10 aromatic carbocycles. The van der Waals surface area contributed by atoms with Gasteiger partial charge in [0.2, 0.25) is 0 Å². The molecule has 0 amide bonds. The van der Waals surface area contributed by atoms with Crippen molar-refractivity contribution in [3.8, 4) is 73.6 Å². The number of thiophene rings is 1. The van der Waals surface area contributed by atoms with Gasteiger partial charge in [-0.3, -0.25) is 0 Å². The molecule has 0 fully saturated rings. The standard InChI is InChI=1S/C64H38N4OS/c1-4-16-39(17-5-1)61-65-62(40-18-6-2-7-19-40)67-63(66-61)43-28-31-45-47-34-41(29-32-51(47)64(54(45)36-43)52-23-11-13-25-57(52)69-58-26-14-12-24-53(58)64)42-30-33-55-48(35-42)49-38-60-50(46-22-10-15-27-59(46)70-60)37-56(49)68(55)44-20-8-3-9-21-44/h1-38H. The Balaban J connectivity index is 0.957. The number of hydrogen-bond acceptors (Lipinski definition) is 5. The van der Waals surface area contributed by atoms with Crippen LogP contribution in [0.4, 0.5) is 0 Å². The van der Waals surface area contributed by atoms with Gasteiger partial charge in [-0.15, -0.1) is 11.3 Å². The Morgan fingerprint density at radius 3 is 1.63 bits per heavy atom. The highest BCUT2D eigenvalue weighted by atomic mass is 32.1. The molecule has 326 valence electrons. The van der Waals surface area contributed by atoms with Crippen LogP contribution in [-0.2, 0) is 5.41 Å². The fourth-order valence-corrected chi connectivity index (χ4v) is 12.6. The number of aromatic nitrogens is 4. The van der Waals surface area contributed by atoms with Gasteiger partial charge >= 0.3 is 0 Å². The van der Waals surface area contributed by atoms with Crippen LogP contribution in [0.15, 0.2) is 231 Å². The van der Waals surface area contributed by atoms with Gasteiger partial charge in [-0.25, -0.2) is 15.0 Å². The average Bonchev–Trinajstić information content (AvgIpc) is 4.06. The zero-order chi connectivity index (χ0) is 45.9. The van der Waals surface area contributed by atoms with Crippen molar-refractivity contribution in [3.63, 3.8) is 0 Å². The molecule has 3 aromatic heterocycles. The summed E-state index contributed by atoms with van der Waals surface area (Å²) in [6.07, 6.45) is 0. The molecule has 0 bridgehead atoms. The van der Waals surface area contributed by atoms with Gasteiger partial charge in [-0.2, -0.15) is 0 Å². The molecular formula is C64H38N4OS. The van der Waals surface area contributed by atoms with Crippen LogP contribution in [0.25, 0.3) is 104 Å². The van der Waals surface area contributed by atoms with Crippen molar-refractivity contribution in [2.75, 3.05) is 0 Å². The van der Waals surface area contributed by atoms with Crippen molar-refractivity contribution in [2.24, 2.45) is 0 Å². The maximum Gasteiger partial charge on any atom is 0.164 e. The molecule has 13 aromatic rings. The summed E-state index contributed by atoms with van der Waals surface area (Å²) in [6.45, 7) is 0. The minimum absolute atomic E-state index is 0.617. The molecule has 1 aliphatic carbocycles. The van der Waals surface area contributed by atoms with Crippen LogP contribution in [-0.4, -0.2) is 19.5 Å². The highest BCUT2D eigenvalue weighted by Gasteiger charge is 2.51. The molecule has 0 unspecified atom stereocenters. The fourth-order valence-electron chi connectivity index (χ4n) is 11.4. The molecule has 4 heterocycles. The van der Waals surface area contributed by atoms with E-state index in [0.29, 0.717) is 17.5 Å². The zero-order valence-corrected chi connectivity index (χ0v) is 38.4. The lowest BCUT2D eigenvalue weighted by molar-refractivity contribution is 0.436. The summed E-state index contributed by atoms with van der Waals surface area (Å²) < 4.78 is 11.8. The van der Waals surface area contributed by atoms with E-state index in [1.807, 2.05) is 47.7 Å². The Hall–Kier alpha value is -8.97. The first-order valence-electron chi connectivity index (χ1n) is 23.7. The molecule has 0 saturated carbocycles. The number of rotatable bonds is 5. The van der Waals surface area contributed by atoms with E-state index in [4.69, 9.17) is 19.7 Å². The maximum atomic E-state index is 6.75. The highest BCUT2D eigenvalue weighted by Crippen LogP contribution is 2.63. The van der Waals surface area contributed by atoms with Gasteiger partial charge in [0.1, 0.15) is 11.5 Å². The van der Waals surface area contributed by atoms with E-state index < -0.39 is 5.41 Å². The van der Waals surface area contributed by atoms with Crippen molar-refractivity contribution < 1.29 is 4.74 Å². The van der Waals surface area contributed by atoms with Crippen LogP contribution < -0.4 is 4.74 Å². The number of para-hydroxylation sites is 3. The monoisotopic (exact) mass is 910 g/mol. The van der Waals surface area contributed by atoms with Crippen molar-refractivity contribution in [1.29, 1.82) is 0 Å². The van der Waals surface area contributed by atoms with E-state index in [9.17, 15) is 0 Å². The zero-order valence-electron chi connectivity index (χ0n) is 37.5. The lowest BCUT2D eigenvalue weighted by Crippen LogP contribution is -2.32. The number of nitrogens with zero attached hydrogens (tertiary/aromatic N) is 4. The van der Waals surface area contributed by atoms with Gasteiger partial charge in [0.15, 0.2) is 17.5 Å². The molecule has 2 aliphatic rings. The Morgan fingerprint density at radius 1 is 0.343 bits per heavy atom. The molecule has 6 heteroatoms. The first-order valence-corrected chi connectivity index (χ1v) is 24.5. The predicted molar refractivity (Wildman–Crippen MR) is 286 cm³/mol.